The number of nitrogens with zero attached hydrogens (tertiary/aromatic N) is 1. The Labute approximate surface area is 105 Å². The number of aromatic nitrogens is 1. The first-order chi connectivity index (χ1) is 8.65. The van der Waals surface area contributed by atoms with Crippen molar-refractivity contribution in [2.45, 2.75) is 19.9 Å². The molecule has 2 aromatic rings. The third kappa shape index (κ3) is 3.26. The van der Waals surface area contributed by atoms with Crippen molar-refractivity contribution >= 4 is 5.69 Å². The quantitative estimate of drug-likeness (QED) is 0.886. The Hall–Kier alpha value is -1.97. The molecule has 0 amide bonds. The zero-order valence-electron chi connectivity index (χ0n) is 10.0. The maximum atomic E-state index is 12.5. The SMILES string of the molecule is Cc1ccc(NCc2cccc(C(F)F)c2)cn1. The summed E-state index contributed by atoms with van der Waals surface area (Å²) in [6.45, 7) is 2.42. The Kier molecular flexibility index (Phi) is 3.87. The second-order valence-corrected chi connectivity index (χ2v) is 4.09. The van der Waals surface area contributed by atoms with Crippen molar-refractivity contribution in [2.24, 2.45) is 0 Å². The van der Waals surface area contributed by atoms with Crippen LogP contribution in [0.4, 0.5) is 14.5 Å². The lowest BCUT2D eigenvalue weighted by atomic mass is 10.1. The molecule has 2 nitrogen and oxygen atoms in total. The zero-order chi connectivity index (χ0) is 13.0. The predicted octanol–water partition coefficient (Wildman–Crippen LogP) is 3.94. The zero-order valence-corrected chi connectivity index (χ0v) is 10.0. The molecular formula is C14H14F2N2. The van der Waals surface area contributed by atoms with Gasteiger partial charge in [-0.2, -0.15) is 0 Å². The van der Waals surface area contributed by atoms with E-state index in [0.717, 1.165) is 16.9 Å². The van der Waals surface area contributed by atoms with Crippen LogP contribution in [-0.2, 0) is 6.54 Å². The highest BCUT2D eigenvalue weighted by Crippen LogP contribution is 2.19. The molecule has 0 saturated carbocycles. The Balaban J connectivity index is 2.01. The van der Waals surface area contributed by atoms with Gasteiger partial charge in [0.05, 0.1) is 11.9 Å². The van der Waals surface area contributed by atoms with E-state index in [0.29, 0.717) is 6.54 Å². The molecule has 1 aromatic heterocycles. The van der Waals surface area contributed by atoms with Crippen molar-refractivity contribution in [3.63, 3.8) is 0 Å². The highest BCUT2D eigenvalue weighted by Gasteiger charge is 2.06. The fraction of sp³-hybridized carbons (Fsp3) is 0.214. The first-order valence-electron chi connectivity index (χ1n) is 5.68. The molecule has 0 fully saturated rings. The molecule has 0 radical (unpaired) electrons. The van der Waals surface area contributed by atoms with Crippen molar-refractivity contribution in [3.8, 4) is 0 Å². The summed E-state index contributed by atoms with van der Waals surface area (Å²) in [5.41, 5.74) is 2.70. The Morgan fingerprint density at radius 1 is 1.22 bits per heavy atom. The molecule has 0 bridgehead atoms. The van der Waals surface area contributed by atoms with Gasteiger partial charge in [0.25, 0.3) is 6.43 Å². The fourth-order valence-electron chi connectivity index (χ4n) is 1.62. The van der Waals surface area contributed by atoms with E-state index in [2.05, 4.69) is 10.3 Å². The molecule has 0 atom stereocenters. The minimum absolute atomic E-state index is 0.0522. The van der Waals surface area contributed by atoms with E-state index >= 15 is 0 Å². The van der Waals surface area contributed by atoms with Crippen LogP contribution in [0.3, 0.4) is 0 Å². The van der Waals surface area contributed by atoms with Crippen molar-refractivity contribution in [1.29, 1.82) is 0 Å². The molecule has 0 unspecified atom stereocenters. The van der Waals surface area contributed by atoms with Gasteiger partial charge in [0.2, 0.25) is 0 Å². The van der Waals surface area contributed by atoms with Crippen molar-refractivity contribution in [2.75, 3.05) is 5.32 Å². The number of hydrogen-bond donors (Lipinski definition) is 1. The van der Waals surface area contributed by atoms with Crippen molar-refractivity contribution < 1.29 is 8.78 Å². The topological polar surface area (TPSA) is 24.9 Å². The summed E-state index contributed by atoms with van der Waals surface area (Å²) in [5.74, 6) is 0. The van der Waals surface area contributed by atoms with Crippen LogP contribution in [0, 0.1) is 6.92 Å². The number of nitrogens with one attached hydrogen (secondary N) is 1. The van der Waals surface area contributed by atoms with Crippen LogP contribution in [0.5, 0.6) is 0 Å². The maximum absolute atomic E-state index is 12.5. The van der Waals surface area contributed by atoms with Gasteiger partial charge >= 0.3 is 0 Å². The molecule has 18 heavy (non-hydrogen) atoms. The lowest BCUT2D eigenvalue weighted by Gasteiger charge is -2.08. The predicted molar refractivity (Wildman–Crippen MR) is 67.7 cm³/mol. The van der Waals surface area contributed by atoms with E-state index < -0.39 is 6.43 Å². The average molecular weight is 248 g/mol. The fourth-order valence-corrected chi connectivity index (χ4v) is 1.62. The van der Waals surface area contributed by atoms with Crippen molar-refractivity contribution in [1.82, 2.24) is 4.98 Å². The third-order valence-electron chi connectivity index (χ3n) is 2.61. The summed E-state index contributed by atoms with van der Waals surface area (Å²) in [6, 6.07) is 10.2. The summed E-state index contributed by atoms with van der Waals surface area (Å²) >= 11 is 0. The number of alkyl halides is 2. The lowest BCUT2D eigenvalue weighted by molar-refractivity contribution is 0.151. The molecular weight excluding hydrogens is 234 g/mol. The van der Waals surface area contributed by atoms with E-state index in [1.807, 2.05) is 25.1 Å². The molecule has 1 N–H and O–H groups in total. The molecule has 1 aromatic carbocycles. The molecule has 4 heteroatoms. The van der Waals surface area contributed by atoms with Gasteiger partial charge in [0.1, 0.15) is 0 Å². The number of pyridine rings is 1. The Morgan fingerprint density at radius 2 is 2.06 bits per heavy atom. The number of halogens is 2. The van der Waals surface area contributed by atoms with Crippen LogP contribution < -0.4 is 5.32 Å². The number of rotatable bonds is 4. The van der Waals surface area contributed by atoms with Crippen LogP contribution in [0.15, 0.2) is 42.6 Å². The van der Waals surface area contributed by atoms with E-state index in [1.54, 1.807) is 12.3 Å². The van der Waals surface area contributed by atoms with E-state index in [4.69, 9.17) is 0 Å². The molecule has 0 aliphatic rings. The first kappa shape index (κ1) is 12.5. The van der Waals surface area contributed by atoms with Gasteiger partial charge in [0.15, 0.2) is 0 Å². The Morgan fingerprint density at radius 3 is 2.72 bits per heavy atom. The van der Waals surface area contributed by atoms with Crippen LogP contribution in [0.25, 0.3) is 0 Å². The smallest absolute Gasteiger partial charge is 0.263 e. The molecule has 2 rings (SSSR count). The second-order valence-electron chi connectivity index (χ2n) is 4.09. The minimum atomic E-state index is -2.43. The number of hydrogen-bond acceptors (Lipinski definition) is 2. The summed E-state index contributed by atoms with van der Waals surface area (Å²) in [7, 11) is 0. The monoisotopic (exact) mass is 248 g/mol. The Bertz CT molecular complexity index is 509. The summed E-state index contributed by atoms with van der Waals surface area (Å²) in [4.78, 5) is 4.15. The standard InChI is InChI=1S/C14H14F2N2/c1-10-5-6-13(9-17-10)18-8-11-3-2-4-12(7-11)14(15)16/h2-7,9,14,18H,8H2,1H3. The van der Waals surface area contributed by atoms with Crippen LogP contribution in [0.2, 0.25) is 0 Å². The second kappa shape index (κ2) is 5.58. The molecule has 94 valence electrons. The van der Waals surface area contributed by atoms with Gasteiger partial charge in [-0.15, -0.1) is 0 Å². The van der Waals surface area contributed by atoms with Crippen LogP contribution in [0.1, 0.15) is 23.2 Å². The largest absolute Gasteiger partial charge is 0.380 e. The van der Waals surface area contributed by atoms with Gasteiger partial charge < -0.3 is 5.32 Å². The summed E-state index contributed by atoms with van der Waals surface area (Å²) in [5, 5.41) is 3.15. The van der Waals surface area contributed by atoms with Gasteiger partial charge in [0, 0.05) is 17.8 Å². The van der Waals surface area contributed by atoms with Gasteiger partial charge in [-0.1, -0.05) is 18.2 Å². The average Bonchev–Trinajstić information content (AvgIpc) is 2.38. The van der Waals surface area contributed by atoms with Gasteiger partial charge in [-0.3, -0.25) is 4.98 Å². The minimum Gasteiger partial charge on any atom is -0.380 e. The molecule has 0 saturated heterocycles. The summed E-state index contributed by atoms with van der Waals surface area (Å²) in [6.07, 6.45) is -0.697. The number of benzene rings is 1. The van der Waals surface area contributed by atoms with E-state index in [-0.39, 0.29) is 5.56 Å². The normalized spacial score (nSPS) is 10.7. The molecule has 0 aliphatic heterocycles. The van der Waals surface area contributed by atoms with Crippen molar-refractivity contribution in [3.05, 3.63) is 59.4 Å². The van der Waals surface area contributed by atoms with E-state index in [9.17, 15) is 8.78 Å². The molecule has 1 heterocycles. The van der Waals surface area contributed by atoms with Crippen LogP contribution in [-0.4, -0.2) is 4.98 Å². The number of anilines is 1. The number of aryl methyl sites for hydroxylation is 1. The molecule has 0 spiro atoms. The van der Waals surface area contributed by atoms with Gasteiger partial charge in [-0.05, 0) is 30.7 Å². The molecule has 0 aliphatic carbocycles. The third-order valence-corrected chi connectivity index (χ3v) is 2.61. The first-order valence-corrected chi connectivity index (χ1v) is 5.68. The van der Waals surface area contributed by atoms with Crippen LogP contribution >= 0.6 is 0 Å². The van der Waals surface area contributed by atoms with Gasteiger partial charge in [-0.25, -0.2) is 8.78 Å². The summed E-state index contributed by atoms with van der Waals surface area (Å²) < 4.78 is 25.0. The van der Waals surface area contributed by atoms with E-state index in [1.165, 1.54) is 12.1 Å². The highest BCUT2D eigenvalue weighted by atomic mass is 19.3. The highest BCUT2D eigenvalue weighted by molar-refractivity contribution is 5.41. The maximum Gasteiger partial charge on any atom is 0.263 e. The lowest BCUT2D eigenvalue weighted by Crippen LogP contribution is -2.00.